The van der Waals surface area contributed by atoms with Crippen molar-refractivity contribution < 1.29 is 19.0 Å². The van der Waals surface area contributed by atoms with Gasteiger partial charge in [-0.3, -0.25) is 4.79 Å². The molecular weight excluding hydrogens is 291 g/mol. The van der Waals surface area contributed by atoms with Gasteiger partial charge in [0.2, 0.25) is 11.3 Å². The molecule has 3 rings (SSSR count). The number of nitrogens with zero attached hydrogens (tertiary/aromatic N) is 2. The number of aromatic carboxylic acids is 1. The van der Waals surface area contributed by atoms with E-state index in [1.807, 2.05) is 6.92 Å². The fraction of sp³-hybridized carbons (Fsp3) is 0.267. The van der Waals surface area contributed by atoms with E-state index in [1.165, 1.54) is 12.3 Å². The van der Waals surface area contributed by atoms with Crippen LogP contribution in [0.15, 0.2) is 28.1 Å². The molecule has 6 nitrogen and oxygen atoms in total. The Labute approximate surface area is 124 Å². The molecule has 0 saturated carbocycles. The van der Waals surface area contributed by atoms with Crippen LogP contribution in [0.3, 0.4) is 0 Å². The molecule has 0 amide bonds. The third-order valence-electron chi connectivity index (χ3n) is 3.56. The molecule has 1 aromatic carbocycles. The first-order chi connectivity index (χ1) is 10.5. The summed E-state index contributed by atoms with van der Waals surface area (Å²) >= 11 is 0. The second-order valence-electron chi connectivity index (χ2n) is 4.85. The van der Waals surface area contributed by atoms with Crippen LogP contribution in [0, 0.1) is 5.82 Å². The van der Waals surface area contributed by atoms with E-state index in [-0.39, 0.29) is 22.4 Å². The second kappa shape index (κ2) is 5.25. The minimum atomic E-state index is -1.33. The lowest BCUT2D eigenvalue weighted by Gasteiger charge is -2.12. The Bertz CT molecular complexity index is 870. The fourth-order valence-corrected chi connectivity index (χ4v) is 2.49. The molecule has 0 radical (unpaired) electrons. The Morgan fingerprint density at radius 1 is 1.50 bits per heavy atom. The Balaban J connectivity index is 2.35. The van der Waals surface area contributed by atoms with E-state index in [9.17, 15) is 14.0 Å². The van der Waals surface area contributed by atoms with Crippen molar-refractivity contribution in [1.29, 1.82) is 0 Å². The van der Waals surface area contributed by atoms with Crippen molar-refractivity contribution in [2.24, 2.45) is 4.99 Å². The highest BCUT2D eigenvalue weighted by atomic mass is 19.1. The molecule has 0 fully saturated rings. The Morgan fingerprint density at radius 3 is 2.86 bits per heavy atom. The van der Waals surface area contributed by atoms with Crippen molar-refractivity contribution in [2.45, 2.75) is 13.5 Å². The number of pyridine rings is 1. The number of carboxylic acids is 1. The summed E-state index contributed by atoms with van der Waals surface area (Å²) in [6, 6.07) is 2.53. The summed E-state index contributed by atoms with van der Waals surface area (Å²) in [6.07, 6.45) is 1.27. The number of carboxylic acid groups (broad SMARTS) is 1. The molecule has 0 bridgehead atoms. The molecule has 0 spiro atoms. The Kier molecular flexibility index (Phi) is 3.40. The van der Waals surface area contributed by atoms with Crippen molar-refractivity contribution in [3.05, 3.63) is 45.5 Å². The zero-order valence-corrected chi connectivity index (χ0v) is 11.8. The number of ether oxygens (including phenoxy) is 1. The first-order valence-electron chi connectivity index (χ1n) is 6.80. The number of benzene rings is 1. The van der Waals surface area contributed by atoms with E-state index < -0.39 is 17.2 Å². The van der Waals surface area contributed by atoms with Crippen LogP contribution in [0.2, 0.25) is 0 Å². The zero-order valence-electron chi connectivity index (χ0n) is 11.8. The molecule has 0 saturated heterocycles. The SMILES string of the molecule is CCn1cc(C(=O)O)c(=O)c2cc(F)c(C3=NCCO3)cc21. The van der Waals surface area contributed by atoms with E-state index in [0.717, 1.165) is 6.07 Å². The van der Waals surface area contributed by atoms with E-state index in [2.05, 4.69) is 4.99 Å². The van der Waals surface area contributed by atoms with Gasteiger partial charge in [0.15, 0.2) is 0 Å². The van der Waals surface area contributed by atoms with Gasteiger partial charge in [0, 0.05) is 18.1 Å². The Hall–Kier alpha value is -2.70. The highest BCUT2D eigenvalue weighted by Gasteiger charge is 2.20. The summed E-state index contributed by atoms with van der Waals surface area (Å²) in [7, 11) is 0. The quantitative estimate of drug-likeness (QED) is 0.934. The number of aliphatic imine (C=N–C) groups is 1. The number of hydrogen-bond donors (Lipinski definition) is 1. The fourth-order valence-electron chi connectivity index (χ4n) is 2.49. The molecule has 114 valence electrons. The van der Waals surface area contributed by atoms with Crippen LogP contribution in [0.25, 0.3) is 10.9 Å². The molecule has 1 aliphatic rings. The number of hydrogen-bond acceptors (Lipinski definition) is 4. The molecule has 7 heteroatoms. The number of aryl methyl sites for hydroxylation is 1. The average molecular weight is 304 g/mol. The largest absolute Gasteiger partial charge is 0.477 e. The van der Waals surface area contributed by atoms with Crippen LogP contribution in [-0.2, 0) is 11.3 Å². The van der Waals surface area contributed by atoms with Crippen molar-refractivity contribution >= 4 is 22.8 Å². The highest BCUT2D eigenvalue weighted by Crippen LogP contribution is 2.20. The van der Waals surface area contributed by atoms with Gasteiger partial charge < -0.3 is 14.4 Å². The third kappa shape index (κ3) is 2.14. The zero-order chi connectivity index (χ0) is 15.9. The topological polar surface area (TPSA) is 80.9 Å². The summed E-state index contributed by atoms with van der Waals surface area (Å²) in [6.45, 7) is 3.11. The number of rotatable bonds is 3. The molecule has 0 atom stereocenters. The van der Waals surface area contributed by atoms with Crippen LogP contribution in [0.4, 0.5) is 4.39 Å². The number of fused-ring (bicyclic) bond motifs is 1. The van der Waals surface area contributed by atoms with E-state index in [0.29, 0.717) is 25.2 Å². The molecule has 2 aromatic rings. The predicted octanol–water partition coefficient (Wildman–Crippen LogP) is 1.64. The van der Waals surface area contributed by atoms with Gasteiger partial charge in [0.05, 0.1) is 17.6 Å². The van der Waals surface area contributed by atoms with Gasteiger partial charge in [-0.25, -0.2) is 14.2 Å². The van der Waals surface area contributed by atoms with Gasteiger partial charge in [-0.2, -0.15) is 0 Å². The maximum absolute atomic E-state index is 14.3. The highest BCUT2D eigenvalue weighted by molar-refractivity contribution is 6.00. The minimum Gasteiger partial charge on any atom is -0.477 e. The van der Waals surface area contributed by atoms with Gasteiger partial charge in [0.25, 0.3) is 0 Å². The number of aromatic nitrogens is 1. The van der Waals surface area contributed by atoms with E-state index in [1.54, 1.807) is 4.57 Å². The molecule has 22 heavy (non-hydrogen) atoms. The second-order valence-corrected chi connectivity index (χ2v) is 4.85. The molecule has 0 unspecified atom stereocenters. The average Bonchev–Trinajstić information content (AvgIpc) is 3.01. The summed E-state index contributed by atoms with van der Waals surface area (Å²) in [5.74, 6) is -1.78. The van der Waals surface area contributed by atoms with Gasteiger partial charge in [-0.15, -0.1) is 0 Å². The summed E-state index contributed by atoms with van der Waals surface area (Å²) in [5, 5.41) is 9.12. The van der Waals surface area contributed by atoms with Gasteiger partial charge >= 0.3 is 5.97 Å². The summed E-state index contributed by atoms with van der Waals surface area (Å²) in [4.78, 5) is 27.4. The van der Waals surface area contributed by atoms with Crippen LogP contribution in [-0.4, -0.2) is 34.7 Å². The van der Waals surface area contributed by atoms with Crippen LogP contribution in [0.5, 0.6) is 0 Å². The normalized spacial score (nSPS) is 14.0. The van der Waals surface area contributed by atoms with E-state index in [4.69, 9.17) is 9.84 Å². The van der Waals surface area contributed by atoms with Crippen molar-refractivity contribution in [3.8, 4) is 0 Å². The summed E-state index contributed by atoms with van der Waals surface area (Å²) in [5.41, 5.74) is -0.454. The molecular formula is C15H13FN2O4. The molecule has 2 heterocycles. The van der Waals surface area contributed by atoms with Gasteiger partial charge in [0.1, 0.15) is 18.0 Å². The predicted molar refractivity (Wildman–Crippen MR) is 78.2 cm³/mol. The minimum absolute atomic E-state index is 0.0293. The van der Waals surface area contributed by atoms with Gasteiger partial charge in [-0.05, 0) is 19.1 Å². The van der Waals surface area contributed by atoms with Gasteiger partial charge in [-0.1, -0.05) is 0 Å². The maximum Gasteiger partial charge on any atom is 0.341 e. The first-order valence-corrected chi connectivity index (χ1v) is 6.80. The monoisotopic (exact) mass is 304 g/mol. The van der Waals surface area contributed by atoms with Crippen molar-refractivity contribution in [2.75, 3.05) is 13.2 Å². The number of halogens is 1. The lowest BCUT2D eigenvalue weighted by Crippen LogP contribution is -2.19. The summed E-state index contributed by atoms with van der Waals surface area (Å²) < 4.78 is 21.1. The van der Waals surface area contributed by atoms with Crippen molar-refractivity contribution in [1.82, 2.24) is 4.57 Å². The van der Waals surface area contributed by atoms with Crippen molar-refractivity contribution in [3.63, 3.8) is 0 Å². The maximum atomic E-state index is 14.3. The van der Waals surface area contributed by atoms with Crippen LogP contribution in [0.1, 0.15) is 22.8 Å². The molecule has 1 aromatic heterocycles. The smallest absolute Gasteiger partial charge is 0.341 e. The number of carbonyl (C=O) groups is 1. The molecule has 1 aliphatic heterocycles. The van der Waals surface area contributed by atoms with Crippen LogP contribution >= 0.6 is 0 Å². The first kappa shape index (κ1) is 14.2. The lowest BCUT2D eigenvalue weighted by molar-refractivity contribution is 0.0695. The lowest BCUT2D eigenvalue weighted by atomic mass is 10.1. The Morgan fingerprint density at radius 2 is 2.27 bits per heavy atom. The molecule has 1 N–H and O–H groups in total. The van der Waals surface area contributed by atoms with E-state index >= 15 is 0 Å². The third-order valence-corrected chi connectivity index (χ3v) is 3.56. The van der Waals surface area contributed by atoms with Crippen LogP contribution < -0.4 is 5.43 Å². The molecule has 0 aliphatic carbocycles. The standard InChI is InChI=1S/C15H13FN2O4/c1-2-18-7-10(15(20)21)13(19)9-5-11(16)8(6-12(9)18)14-17-3-4-22-14/h5-7H,2-4H2,1H3,(H,20,21).